The minimum Gasteiger partial charge on any atom is -0.502 e. The van der Waals surface area contributed by atoms with Crippen LogP contribution in [-0.2, 0) is 0 Å². The molecule has 0 aliphatic rings. The van der Waals surface area contributed by atoms with E-state index in [0.717, 1.165) is 11.6 Å². The summed E-state index contributed by atoms with van der Waals surface area (Å²) in [4.78, 5) is 19.0. The molecule has 0 atom stereocenters. The molecule has 0 amide bonds. The van der Waals surface area contributed by atoms with Crippen LogP contribution in [0.25, 0.3) is 22.6 Å². The van der Waals surface area contributed by atoms with Gasteiger partial charge in [-0.05, 0) is 36.4 Å². The second-order valence-corrected chi connectivity index (χ2v) is 6.35. The summed E-state index contributed by atoms with van der Waals surface area (Å²) in [6.45, 7) is 0. The van der Waals surface area contributed by atoms with Gasteiger partial charge in [0.1, 0.15) is 5.52 Å². The molecule has 7 nitrogen and oxygen atoms in total. The lowest BCUT2D eigenvalue weighted by atomic mass is 10.2. The number of hydrogen-bond donors (Lipinski definition) is 1. The average Bonchev–Trinajstić information content (AvgIpc) is 3.12. The van der Waals surface area contributed by atoms with Crippen LogP contribution < -0.4 is 0 Å². The first-order chi connectivity index (χ1) is 13.5. The van der Waals surface area contributed by atoms with Crippen molar-refractivity contribution in [2.75, 3.05) is 0 Å². The Kier molecular flexibility index (Phi) is 4.50. The number of phenols is 1. The highest BCUT2D eigenvalue weighted by Gasteiger charge is 2.17. The van der Waals surface area contributed by atoms with Gasteiger partial charge in [-0.15, -0.1) is 0 Å². The molecule has 0 saturated heterocycles. The predicted molar refractivity (Wildman–Crippen MR) is 106 cm³/mol. The van der Waals surface area contributed by atoms with E-state index < -0.39 is 16.4 Å². The zero-order chi connectivity index (χ0) is 19.7. The van der Waals surface area contributed by atoms with Crippen molar-refractivity contribution < 1.29 is 14.4 Å². The molecule has 1 aromatic heterocycles. The van der Waals surface area contributed by atoms with Crippen molar-refractivity contribution >= 4 is 40.3 Å². The van der Waals surface area contributed by atoms with Crippen molar-refractivity contribution in [2.24, 2.45) is 4.99 Å². The van der Waals surface area contributed by atoms with Crippen molar-refractivity contribution in [3.63, 3.8) is 0 Å². The second kappa shape index (κ2) is 7.13. The number of halogens is 1. The maximum atomic E-state index is 11.0. The molecule has 3 aromatic carbocycles. The smallest absolute Gasteiger partial charge is 0.312 e. The van der Waals surface area contributed by atoms with Gasteiger partial charge in [-0.25, -0.2) is 4.98 Å². The van der Waals surface area contributed by atoms with E-state index in [-0.39, 0.29) is 10.6 Å². The number of benzene rings is 3. The molecule has 0 spiro atoms. The van der Waals surface area contributed by atoms with E-state index >= 15 is 0 Å². The van der Waals surface area contributed by atoms with Crippen LogP contribution in [0.1, 0.15) is 5.56 Å². The fourth-order valence-electron chi connectivity index (χ4n) is 2.69. The highest BCUT2D eigenvalue weighted by molar-refractivity contribution is 6.31. The molecule has 0 saturated carbocycles. The van der Waals surface area contributed by atoms with Crippen LogP contribution in [0.2, 0.25) is 5.02 Å². The Morgan fingerprint density at radius 3 is 2.68 bits per heavy atom. The number of phenolic OH excluding ortho intramolecular Hbond substituents is 1. The Labute approximate surface area is 163 Å². The Morgan fingerprint density at radius 1 is 1.14 bits per heavy atom. The van der Waals surface area contributed by atoms with Crippen LogP contribution in [0.15, 0.2) is 70.1 Å². The number of aromatic hydroxyl groups is 1. The van der Waals surface area contributed by atoms with Crippen LogP contribution >= 0.6 is 11.6 Å². The predicted octanol–water partition coefficient (Wildman–Crippen LogP) is 5.51. The number of oxazole rings is 1. The third-order valence-electron chi connectivity index (χ3n) is 4.03. The summed E-state index contributed by atoms with van der Waals surface area (Å²) < 4.78 is 5.75. The van der Waals surface area contributed by atoms with Crippen LogP contribution in [0.3, 0.4) is 0 Å². The summed E-state index contributed by atoms with van der Waals surface area (Å²) in [6.07, 6.45) is 1.31. The molecule has 0 bridgehead atoms. The highest BCUT2D eigenvalue weighted by Crippen LogP contribution is 2.33. The number of hydrogen-bond acceptors (Lipinski definition) is 6. The first-order valence-corrected chi connectivity index (χ1v) is 8.56. The molecule has 4 aromatic rings. The van der Waals surface area contributed by atoms with E-state index in [1.807, 2.05) is 30.3 Å². The summed E-state index contributed by atoms with van der Waals surface area (Å²) in [5, 5.41) is 21.2. The molecular formula is C20H12ClN3O4. The number of nitrogens with zero attached hydrogens (tertiary/aromatic N) is 3. The maximum absolute atomic E-state index is 11.0. The van der Waals surface area contributed by atoms with Crippen molar-refractivity contribution in [2.45, 2.75) is 0 Å². The van der Waals surface area contributed by atoms with Gasteiger partial charge in [0.2, 0.25) is 11.6 Å². The van der Waals surface area contributed by atoms with Gasteiger partial charge in [0.25, 0.3) is 0 Å². The van der Waals surface area contributed by atoms with E-state index in [1.165, 1.54) is 12.3 Å². The number of fused-ring (bicyclic) bond motifs is 1. The van der Waals surface area contributed by atoms with Gasteiger partial charge in [-0.3, -0.25) is 15.1 Å². The molecule has 0 fully saturated rings. The zero-order valence-electron chi connectivity index (χ0n) is 14.2. The fourth-order valence-corrected chi connectivity index (χ4v) is 2.91. The van der Waals surface area contributed by atoms with E-state index in [4.69, 9.17) is 16.0 Å². The summed E-state index contributed by atoms with van der Waals surface area (Å²) in [6, 6.07) is 17.2. The molecule has 1 heterocycles. The summed E-state index contributed by atoms with van der Waals surface area (Å²) >= 11 is 5.89. The lowest BCUT2D eigenvalue weighted by Crippen LogP contribution is -1.92. The van der Waals surface area contributed by atoms with E-state index in [1.54, 1.807) is 18.2 Å². The highest BCUT2D eigenvalue weighted by atomic mass is 35.5. The quantitative estimate of drug-likeness (QED) is 0.279. The van der Waals surface area contributed by atoms with Gasteiger partial charge >= 0.3 is 5.69 Å². The first kappa shape index (κ1) is 17.7. The van der Waals surface area contributed by atoms with Crippen LogP contribution in [0.5, 0.6) is 5.75 Å². The molecule has 0 unspecified atom stereocenters. The lowest BCUT2D eigenvalue weighted by molar-refractivity contribution is -0.385. The van der Waals surface area contributed by atoms with Crippen molar-refractivity contribution in [1.29, 1.82) is 0 Å². The van der Waals surface area contributed by atoms with Crippen LogP contribution in [-0.4, -0.2) is 21.2 Å². The van der Waals surface area contributed by atoms with Gasteiger partial charge in [-0.2, -0.15) is 0 Å². The first-order valence-electron chi connectivity index (χ1n) is 8.18. The SMILES string of the molecule is O=[N+]([O-])c1cc(Cl)cc(C=Nc2ccc3oc(-c4ccccc4)nc3c2)c1O. The molecule has 1 N–H and O–H groups in total. The van der Waals surface area contributed by atoms with Gasteiger partial charge < -0.3 is 9.52 Å². The van der Waals surface area contributed by atoms with Gasteiger partial charge in [-0.1, -0.05) is 29.8 Å². The van der Waals surface area contributed by atoms with Crippen molar-refractivity contribution in [3.8, 4) is 17.2 Å². The van der Waals surface area contributed by atoms with Crippen LogP contribution in [0.4, 0.5) is 11.4 Å². The van der Waals surface area contributed by atoms with Crippen molar-refractivity contribution in [1.82, 2.24) is 4.98 Å². The summed E-state index contributed by atoms with van der Waals surface area (Å²) in [5.41, 5.74) is 2.30. The Morgan fingerprint density at radius 2 is 1.93 bits per heavy atom. The van der Waals surface area contributed by atoms with Gasteiger partial charge in [0.05, 0.1) is 10.6 Å². The topological polar surface area (TPSA) is 102 Å². The molecule has 4 rings (SSSR count). The number of aliphatic imine (C=N–C) groups is 1. The number of aromatic nitrogens is 1. The normalized spacial score (nSPS) is 11.3. The molecule has 0 aliphatic heterocycles. The second-order valence-electron chi connectivity index (χ2n) is 5.92. The number of nitro benzene ring substituents is 1. The lowest BCUT2D eigenvalue weighted by Gasteiger charge is -2.01. The summed E-state index contributed by atoms with van der Waals surface area (Å²) in [5.74, 6) is 0.00636. The number of rotatable bonds is 4. The molecule has 138 valence electrons. The Hall–Kier alpha value is -3.71. The maximum Gasteiger partial charge on any atom is 0.312 e. The van der Waals surface area contributed by atoms with Gasteiger partial charge in [0.15, 0.2) is 5.58 Å². The third-order valence-corrected chi connectivity index (χ3v) is 4.24. The van der Waals surface area contributed by atoms with Crippen LogP contribution in [0, 0.1) is 10.1 Å². The minimum absolute atomic E-state index is 0.130. The molecular weight excluding hydrogens is 382 g/mol. The summed E-state index contributed by atoms with van der Waals surface area (Å²) in [7, 11) is 0. The van der Waals surface area contributed by atoms with E-state index in [2.05, 4.69) is 9.98 Å². The van der Waals surface area contributed by atoms with Gasteiger partial charge in [0, 0.05) is 28.4 Å². The Balaban J connectivity index is 1.68. The van der Waals surface area contributed by atoms with E-state index in [0.29, 0.717) is 22.7 Å². The zero-order valence-corrected chi connectivity index (χ0v) is 15.0. The van der Waals surface area contributed by atoms with Crippen molar-refractivity contribution in [3.05, 3.63) is 81.4 Å². The monoisotopic (exact) mass is 393 g/mol. The average molecular weight is 394 g/mol. The van der Waals surface area contributed by atoms with E-state index in [9.17, 15) is 15.2 Å². The molecule has 0 aliphatic carbocycles. The fraction of sp³-hybridized carbons (Fsp3) is 0. The Bertz CT molecular complexity index is 1220. The molecule has 8 heteroatoms. The molecule has 28 heavy (non-hydrogen) atoms. The third kappa shape index (κ3) is 3.43. The standard InChI is InChI=1S/C20H12ClN3O4/c21-14-8-13(19(25)17(9-14)24(26)27)11-22-15-6-7-18-16(10-15)23-20(28-18)12-4-2-1-3-5-12/h1-11,25H. The minimum atomic E-state index is -0.703. The molecule has 0 radical (unpaired) electrons. The largest absolute Gasteiger partial charge is 0.502 e. The number of nitro groups is 1.